The molecule has 0 unspecified atom stereocenters. The maximum atomic E-state index is 10.1. The largest absolute Gasteiger partial charge is 0.496 e. The maximum absolute atomic E-state index is 10.1. The van der Waals surface area contributed by atoms with E-state index in [1.807, 2.05) is 45.0 Å². The molecule has 0 aliphatic heterocycles. The van der Waals surface area contributed by atoms with Gasteiger partial charge in [-0.05, 0) is 11.5 Å². The fourth-order valence-corrected chi connectivity index (χ4v) is 1.36. The normalized spacial score (nSPS) is 13.8. The molecule has 0 bridgehead atoms. The third-order valence-corrected chi connectivity index (χ3v) is 2.25. The van der Waals surface area contributed by atoms with Gasteiger partial charge in [-0.2, -0.15) is 0 Å². The van der Waals surface area contributed by atoms with Crippen molar-refractivity contribution in [2.24, 2.45) is 5.41 Å². The summed E-state index contributed by atoms with van der Waals surface area (Å²) >= 11 is 0. The molecule has 1 atom stereocenters. The summed E-state index contributed by atoms with van der Waals surface area (Å²) in [5.74, 6) is 0.745. The average molecular weight is 194 g/mol. The van der Waals surface area contributed by atoms with Gasteiger partial charge in [0.15, 0.2) is 0 Å². The number of aliphatic hydroxyl groups excluding tert-OH is 1. The van der Waals surface area contributed by atoms with E-state index in [1.165, 1.54) is 0 Å². The van der Waals surface area contributed by atoms with Gasteiger partial charge in [-0.25, -0.2) is 0 Å². The van der Waals surface area contributed by atoms with E-state index < -0.39 is 6.10 Å². The van der Waals surface area contributed by atoms with Crippen LogP contribution in [-0.2, 0) is 0 Å². The van der Waals surface area contributed by atoms with Crippen LogP contribution in [0.4, 0.5) is 0 Å². The lowest BCUT2D eigenvalue weighted by Crippen LogP contribution is -2.18. The number of hydrogen-bond acceptors (Lipinski definition) is 2. The summed E-state index contributed by atoms with van der Waals surface area (Å²) in [5, 5.41) is 10.1. The van der Waals surface area contributed by atoms with E-state index in [4.69, 9.17) is 4.74 Å². The van der Waals surface area contributed by atoms with Crippen molar-refractivity contribution >= 4 is 0 Å². The number of rotatable bonds is 2. The second-order valence-electron chi connectivity index (χ2n) is 4.51. The van der Waals surface area contributed by atoms with Crippen molar-refractivity contribution < 1.29 is 9.84 Å². The Morgan fingerprint density at radius 2 is 1.79 bits per heavy atom. The van der Waals surface area contributed by atoms with Crippen LogP contribution in [-0.4, -0.2) is 12.2 Å². The van der Waals surface area contributed by atoms with Crippen LogP contribution in [0.3, 0.4) is 0 Å². The summed E-state index contributed by atoms with van der Waals surface area (Å²) in [7, 11) is 1.62. The van der Waals surface area contributed by atoms with Crippen molar-refractivity contribution in [1.29, 1.82) is 0 Å². The van der Waals surface area contributed by atoms with Gasteiger partial charge in [0.2, 0.25) is 0 Å². The van der Waals surface area contributed by atoms with Crippen LogP contribution >= 0.6 is 0 Å². The Morgan fingerprint density at radius 1 is 1.21 bits per heavy atom. The molecule has 0 spiro atoms. The van der Waals surface area contributed by atoms with E-state index in [2.05, 4.69) is 0 Å². The number of benzene rings is 1. The Morgan fingerprint density at radius 3 is 2.29 bits per heavy atom. The molecule has 2 heteroatoms. The first-order valence-electron chi connectivity index (χ1n) is 4.78. The molecule has 0 radical (unpaired) electrons. The van der Waals surface area contributed by atoms with E-state index in [0.29, 0.717) is 0 Å². The molecule has 0 amide bonds. The minimum Gasteiger partial charge on any atom is -0.496 e. The lowest BCUT2D eigenvalue weighted by atomic mass is 9.84. The highest BCUT2D eigenvalue weighted by Crippen LogP contribution is 2.36. The number of aliphatic hydroxyl groups is 1. The number of ether oxygens (including phenoxy) is 1. The van der Waals surface area contributed by atoms with Gasteiger partial charge in [0.25, 0.3) is 0 Å². The minimum atomic E-state index is -0.501. The summed E-state index contributed by atoms with van der Waals surface area (Å²) in [4.78, 5) is 0. The maximum Gasteiger partial charge on any atom is 0.124 e. The highest BCUT2D eigenvalue weighted by atomic mass is 16.5. The number of hydrogen-bond donors (Lipinski definition) is 1. The highest BCUT2D eigenvalue weighted by Gasteiger charge is 2.25. The molecule has 78 valence electrons. The fourth-order valence-electron chi connectivity index (χ4n) is 1.36. The first kappa shape index (κ1) is 11.1. The first-order valence-corrected chi connectivity index (χ1v) is 4.78. The summed E-state index contributed by atoms with van der Waals surface area (Å²) in [5.41, 5.74) is 0.678. The van der Waals surface area contributed by atoms with Gasteiger partial charge in [-0.1, -0.05) is 39.0 Å². The smallest absolute Gasteiger partial charge is 0.124 e. The second-order valence-corrected chi connectivity index (χ2v) is 4.51. The molecule has 14 heavy (non-hydrogen) atoms. The molecular formula is C12H18O2. The Labute approximate surface area is 85.5 Å². The standard InChI is InChI=1S/C12H18O2/c1-12(2,3)11(13)9-7-5-6-8-10(9)14-4/h5-8,11,13H,1-4H3/t11-/m0/s1. The summed E-state index contributed by atoms with van der Waals surface area (Å²) < 4.78 is 5.20. The SMILES string of the molecule is COc1ccccc1[C@H](O)C(C)(C)C. The Balaban J connectivity index is 3.06. The van der Waals surface area contributed by atoms with Crippen molar-refractivity contribution in [2.75, 3.05) is 7.11 Å². The molecule has 1 aromatic rings. The molecule has 0 fully saturated rings. The molecular weight excluding hydrogens is 176 g/mol. The molecule has 0 aliphatic carbocycles. The molecule has 1 rings (SSSR count). The topological polar surface area (TPSA) is 29.5 Å². The van der Waals surface area contributed by atoms with E-state index in [0.717, 1.165) is 11.3 Å². The molecule has 1 N–H and O–H groups in total. The molecule has 2 nitrogen and oxygen atoms in total. The van der Waals surface area contributed by atoms with Gasteiger partial charge in [-0.3, -0.25) is 0 Å². The molecule has 0 heterocycles. The average Bonchev–Trinajstić information content (AvgIpc) is 2.15. The van der Waals surface area contributed by atoms with Crippen LogP contribution < -0.4 is 4.74 Å². The van der Waals surface area contributed by atoms with Crippen LogP contribution in [0.5, 0.6) is 5.75 Å². The summed E-state index contributed by atoms with van der Waals surface area (Å²) in [6.07, 6.45) is -0.501. The van der Waals surface area contributed by atoms with E-state index >= 15 is 0 Å². The van der Waals surface area contributed by atoms with E-state index in [-0.39, 0.29) is 5.41 Å². The van der Waals surface area contributed by atoms with Crippen molar-refractivity contribution in [3.05, 3.63) is 29.8 Å². The molecule has 1 aromatic carbocycles. The second kappa shape index (κ2) is 4.01. The third kappa shape index (κ3) is 2.26. The predicted molar refractivity (Wildman–Crippen MR) is 57.4 cm³/mol. The zero-order chi connectivity index (χ0) is 10.8. The molecule has 0 aromatic heterocycles. The first-order chi connectivity index (χ1) is 6.46. The summed E-state index contributed by atoms with van der Waals surface area (Å²) in [6.45, 7) is 6.01. The monoisotopic (exact) mass is 194 g/mol. The minimum absolute atomic E-state index is 0.172. The quantitative estimate of drug-likeness (QED) is 0.784. The van der Waals surface area contributed by atoms with Crippen molar-refractivity contribution in [3.63, 3.8) is 0 Å². The fraction of sp³-hybridized carbons (Fsp3) is 0.500. The van der Waals surface area contributed by atoms with Crippen LogP contribution in [0, 0.1) is 5.41 Å². The molecule has 0 saturated heterocycles. The van der Waals surface area contributed by atoms with Crippen molar-refractivity contribution in [2.45, 2.75) is 26.9 Å². The molecule has 0 saturated carbocycles. The summed E-state index contributed by atoms with van der Waals surface area (Å²) in [6, 6.07) is 7.57. The van der Waals surface area contributed by atoms with E-state index in [1.54, 1.807) is 7.11 Å². The van der Waals surface area contributed by atoms with E-state index in [9.17, 15) is 5.11 Å². The van der Waals surface area contributed by atoms with Crippen LogP contribution in [0.2, 0.25) is 0 Å². The highest BCUT2D eigenvalue weighted by molar-refractivity contribution is 5.35. The number of para-hydroxylation sites is 1. The Bertz CT molecular complexity index is 299. The van der Waals surface area contributed by atoms with Gasteiger partial charge >= 0.3 is 0 Å². The lowest BCUT2D eigenvalue weighted by Gasteiger charge is -2.27. The van der Waals surface area contributed by atoms with Crippen LogP contribution in [0.25, 0.3) is 0 Å². The van der Waals surface area contributed by atoms with Crippen molar-refractivity contribution in [3.8, 4) is 5.75 Å². The van der Waals surface area contributed by atoms with Gasteiger partial charge < -0.3 is 9.84 Å². The Kier molecular flexibility index (Phi) is 3.17. The van der Waals surface area contributed by atoms with Crippen LogP contribution in [0.1, 0.15) is 32.4 Å². The lowest BCUT2D eigenvalue weighted by molar-refractivity contribution is 0.0604. The van der Waals surface area contributed by atoms with Gasteiger partial charge in [-0.15, -0.1) is 0 Å². The zero-order valence-corrected chi connectivity index (χ0v) is 9.24. The van der Waals surface area contributed by atoms with Gasteiger partial charge in [0.1, 0.15) is 5.75 Å². The Hall–Kier alpha value is -1.02. The zero-order valence-electron chi connectivity index (χ0n) is 9.24. The predicted octanol–water partition coefficient (Wildman–Crippen LogP) is 2.77. The number of methoxy groups -OCH3 is 1. The van der Waals surface area contributed by atoms with Crippen LogP contribution in [0.15, 0.2) is 24.3 Å². The van der Waals surface area contributed by atoms with Gasteiger partial charge in [0, 0.05) is 5.56 Å². The molecule has 0 aliphatic rings. The third-order valence-electron chi connectivity index (χ3n) is 2.25. The van der Waals surface area contributed by atoms with Crippen molar-refractivity contribution in [1.82, 2.24) is 0 Å². The van der Waals surface area contributed by atoms with Gasteiger partial charge in [0.05, 0.1) is 13.2 Å².